The maximum absolute atomic E-state index is 5.17. The molecule has 7 heteroatoms. The molecule has 2 aromatic rings. The minimum atomic E-state index is 0.666. The van der Waals surface area contributed by atoms with Crippen molar-refractivity contribution in [2.75, 3.05) is 51.8 Å². The van der Waals surface area contributed by atoms with Crippen LogP contribution in [0.3, 0.4) is 0 Å². The van der Waals surface area contributed by atoms with Crippen LogP contribution in [0.2, 0.25) is 0 Å². The number of aryl methyl sites for hydroxylation is 2. The second kappa shape index (κ2) is 6.80. The van der Waals surface area contributed by atoms with Crippen LogP contribution in [-0.2, 0) is 11.8 Å². The number of likely N-dealkylation sites (tertiary alicyclic amines) is 1. The highest BCUT2D eigenvalue weighted by Gasteiger charge is 2.24. The Morgan fingerprint density at radius 3 is 3.00 bits per heavy atom. The van der Waals surface area contributed by atoms with Crippen LogP contribution >= 0.6 is 0 Å². The van der Waals surface area contributed by atoms with Crippen molar-refractivity contribution in [3.8, 4) is 0 Å². The Bertz CT molecular complexity index is 670. The molecule has 1 aliphatic heterocycles. The number of hydrogen-bond donors (Lipinski definition) is 0. The Morgan fingerprint density at radius 2 is 2.22 bits per heavy atom. The van der Waals surface area contributed by atoms with Gasteiger partial charge in [-0.15, -0.1) is 0 Å². The van der Waals surface area contributed by atoms with Crippen molar-refractivity contribution in [1.82, 2.24) is 24.6 Å². The lowest BCUT2D eigenvalue weighted by Crippen LogP contribution is -2.30. The third-order valence-corrected chi connectivity index (χ3v) is 4.65. The SMILES string of the molecule is COCCN1CC[C@@H](CN(C)c2ncnc3c2c(C)nn3C)C1. The van der Waals surface area contributed by atoms with Gasteiger partial charge in [0.1, 0.15) is 12.1 Å². The van der Waals surface area contributed by atoms with Gasteiger partial charge in [-0.2, -0.15) is 5.10 Å². The molecule has 0 bridgehead atoms. The molecule has 0 aromatic carbocycles. The van der Waals surface area contributed by atoms with Gasteiger partial charge in [-0.3, -0.25) is 4.68 Å². The molecule has 0 radical (unpaired) electrons. The van der Waals surface area contributed by atoms with Crippen molar-refractivity contribution >= 4 is 16.9 Å². The zero-order valence-corrected chi connectivity index (χ0v) is 14.5. The first kappa shape index (κ1) is 16.1. The minimum Gasteiger partial charge on any atom is -0.383 e. The maximum Gasteiger partial charge on any atom is 0.163 e. The van der Waals surface area contributed by atoms with Gasteiger partial charge in [0.05, 0.1) is 17.7 Å². The number of ether oxygens (including phenoxy) is 1. The van der Waals surface area contributed by atoms with Gasteiger partial charge in [0.15, 0.2) is 5.65 Å². The molecule has 1 atom stereocenters. The van der Waals surface area contributed by atoms with Crippen LogP contribution in [0.5, 0.6) is 0 Å². The van der Waals surface area contributed by atoms with E-state index in [0.29, 0.717) is 5.92 Å². The summed E-state index contributed by atoms with van der Waals surface area (Å²) < 4.78 is 7.00. The largest absolute Gasteiger partial charge is 0.383 e. The van der Waals surface area contributed by atoms with Crippen LogP contribution in [0.25, 0.3) is 11.0 Å². The van der Waals surface area contributed by atoms with Crippen LogP contribution in [0, 0.1) is 12.8 Å². The maximum atomic E-state index is 5.17. The summed E-state index contributed by atoms with van der Waals surface area (Å²) in [5.41, 5.74) is 1.88. The molecule has 0 amide bonds. The van der Waals surface area contributed by atoms with Crippen LogP contribution in [0.4, 0.5) is 5.82 Å². The normalized spacial score (nSPS) is 18.9. The third kappa shape index (κ3) is 3.30. The lowest BCUT2D eigenvalue weighted by molar-refractivity contribution is 0.159. The summed E-state index contributed by atoms with van der Waals surface area (Å²) in [6.07, 6.45) is 2.86. The second-order valence-electron chi connectivity index (χ2n) is 6.43. The fourth-order valence-corrected chi connectivity index (χ4v) is 3.51. The number of nitrogens with zero attached hydrogens (tertiary/aromatic N) is 6. The molecule has 7 nitrogen and oxygen atoms in total. The van der Waals surface area contributed by atoms with E-state index in [9.17, 15) is 0 Å². The van der Waals surface area contributed by atoms with Gasteiger partial charge in [-0.05, 0) is 25.8 Å². The van der Waals surface area contributed by atoms with Crippen molar-refractivity contribution in [2.45, 2.75) is 13.3 Å². The molecule has 0 N–H and O–H groups in total. The Morgan fingerprint density at radius 1 is 1.39 bits per heavy atom. The van der Waals surface area contributed by atoms with E-state index in [1.165, 1.54) is 6.42 Å². The summed E-state index contributed by atoms with van der Waals surface area (Å²) in [4.78, 5) is 13.6. The summed E-state index contributed by atoms with van der Waals surface area (Å²) in [5, 5.41) is 5.54. The lowest BCUT2D eigenvalue weighted by Gasteiger charge is -2.23. The highest BCUT2D eigenvalue weighted by atomic mass is 16.5. The van der Waals surface area contributed by atoms with Crippen LogP contribution in [0.1, 0.15) is 12.1 Å². The van der Waals surface area contributed by atoms with Crippen molar-refractivity contribution in [2.24, 2.45) is 13.0 Å². The van der Waals surface area contributed by atoms with E-state index in [0.717, 1.165) is 55.3 Å². The molecular formula is C16H26N6O. The van der Waals surface area contributed by atoms with Gasteiger partial charge in [0, 0.05) is 40.8 Å². The molecule has 1 saturated heterocycles. The molecule has 3 heterocycles. The van der Waals surface area contributed by atoms with Gasteiger partial charge < -0.3 is 14.5 Å². The summed E-state index contributed by atoms with van der Waals surface area (Å²) in [5.74, 6) is 1.65. The predicted molar refractivity (Wildman–Crippen MR) is 90.7 cm³/mol. The first-order valence-corrected chi connectivity index (χ1v) is 8.17. The zero-order chi connectivity index (χ0) is 16.4. The molecule has 0 spiro atoms. The average Bonchev–Trinajstić information content (AvgIpc) is 3.10. The summed E-state index contributed by atoms with van der Waals surface area (Å²) in [6.45, 7) is 7.15. The van der Waals surface area contributed by atoms with Crippen molar-refractivity contribution in [1.29, 1.82) is 0 Å². The van der Waals surface area contributed by atoms with Gasteiger partial charge in [-0.1, -0.05) is 0 Å². The topological polar surface area (TPSA) is 59.3 Å². The van der Waals surface area contributed by atoms with Crippen LogP contribution in [-0.4, -0.2) is 71.6 Å². The number of fused-ring (bicyclic) bond motifs is 1. The van der Waals surface area contributed by atoms with Crippen molar-refractivity contribution in [3.05, 3.63) is 12.0 Å². The van der Waals surface area contributed by atoms with Crippen molar-refractivity contribution < 1.29 is 4.74 Å². The smallest absolute Gasteiger partial charge is 0.163 e. The standard InChI is InChI=1S/C16H26N6O/c1-12-14-15(17-11-18-16(14)21(3)19-12)20(2)9-13-5-6-22(10-13)7-8-23-4/h11,13H,5-10H2,1-4H3/t13-/m0/s1. The third-order valence-electron chi connectivity index (χ3n) is 4.65. The number of anilines is 1. The number of rotatable bonds is 6. The second-order valence-corrected chi connectivity index (χ2v) is 6.43. The molecule has 0 saturated carbocycles. The summed E-state index contributed by atoms with van der Waals surface area (Å²) in [7, 11) is 5.81. The molecular weight excluding hydrogens is 292 g/mol. The Kier molecular flexibility index (Phi) is 4.77. The van der Waals surface area contributed by atoms with Gasteiger partial charge in [0.25, 0.3) is 0 Å². The van der Waals surface area contributed by atoms with Gasteiger partial charge >= 0.3 is 0 Å². The van der Waals surface area contributed by atoms with E-state index < -0.39 is 0 Å². The van der Waals surface area contributed by atoms with Crippen molar-refractivity contribution in [3.63, 3.8) is 0 Å². The highest BCUT2D eigenvalue weighted by Crippen LogP contribution is 2.26. The summed E-state index contributed by atoms with van der Waals surface area (Å²) >= 11 is 0. The monoisotopic (exact) mass is 318 g/mol. The molecule has 0 unspecified atom stereocenters. The van der Waals surface area contributed by atoms with Crippen LogP contribution < -0.4 is 4.90 Å². The first-order valence-electron chi connectivity index (χ1n) is 8.17. The van der Waals surface area contributed by atoms with E-state index in [1.807, 2.05) is 18.7 Å². The molecule has 1 fully saturated rings. The molecule has 3 rings (SSSR count). The van der Waals surface area contributed by atoms with Gasteiger partial charge in [-0.25, -0.2) is 9.97 Å². The number of hydrogen-bond acceptors (Lipinski definition) is 6. The average molecular weight is 318 g/mol. The molecule has 23 heavy (non-hydrogen) atoms. The quantitative estimate of drug-likeness (QED) is 0.794. The first-order chi connectivity index (χ1) is 11.1. The number of aromatic nitrogens is 4. The van der Waals surface area contributed by atoms with E-state index >= 15 is 0 Å². The Labute approximate surface area is 137 Å². The van der Waals surface area contributed by atoms with Gasteiger partial charge in [0.2, 0.25) is 0 Å². The zero-order valence-electron chi connectivity index (χ0n) is 14.5. The van der Waals surface area contributed by atoms with E-state index in [2.05, 4.69) is 31.9 Å². The fourth-order valence-electron chi connectivity index (χ4n) is 3.51. The Hall–Kier alpha value is -1.73. The van der Waals surface area contributed by atoms with E-state index in [-0.39, 0.29) is 0 Å². The fraction of sp³-hybridized carbons (Fsp3) is 0.688. The molecule has 2 aromatic heterocycles. The molecule has 1 aliphatic rings. The molecule has 126 valence electrons. The number of methoxy groups -OCH3 is 1. The predicted octanol–water partition coefficient (Wildman–Crippen LogP) is 1.08. The van der Waals surface area contributed by atoms with E-state index in [4.69, 9.17) is 4.74 Å². The van der Waals surface area contributed by atoms with Crippen LogP contribution in [0.15, 0.2) is 6.33 Å². The Balaban J connectivity index is 1.71. The lowest BCUT2D eigenvalue weighted by atomic mass is 10.1. The minimum absolute atomic E-state index is 0.666. The van der Waals surface area contributed by atoms with E-state index in [1.54, 1.807) is 13.4 Å². The highest BCUT2D eigenvalue weighted by molar-refractivity contribution is 5.89. The summed E-state index contributed by atoms with van der Waals surface area (Å²) in [6, 6.07) is 0. The molecule has 0 aliphatic carbocycles.